The van der Waals surface area contributed by atoms with Crippen LogP contribution >= 0.6 is 0 Å². The summed E-state index contributed by atoms with van der Waals surface area (Å²) in [5.74, 6) is -1.28. The Hall–Kier alpha value is -3.16. The minimum Gasteiger partial charge on any atom is -0.454 e. The zero-order valence-corrected chi connectivity index (χ0v) is 44.1. The number of allylic oxidation sites excluding steroid dienone is 13. The molecule has 0 aromatic rings. The van der Waals surface area contributed by atoms with Crippen molar-refractivity contribution in [2.75, 3.05) is 13.2 Å². The van der Waals surface area contributed by atoms with Gasteiger partial charge in [0.1, 0.15) is 24.4 Å². The number of ether oxygens (including phenoxy) is 3. The Kier molecular flexibility index (Phi) is 43.4. The summed E-state index contributed by atoms with van der Waals surface area (Å²) in [6.45, 7) is 5.56. The Balaban J connectivity index is 2.78. The van der Waals surface area contributed by atoms with Crippen molar-refractivity contribution in [1.29, 1.82) is 0 Å². The SMILES string of the molecule is CC/C=C/C=C/C=C\C=C/C=C/CCC(O)C(=O)NC(COC1OC(CO)C(O)C(O)C1OC(=O)CCCCCCCCC/C=C/CCCCCCCC)C(O)/C=C/CCCCCCCCCCCC. The minimum absolute atomic E-state index is 0.106. The molecule has 0 radical (unpaired) electrons. The predicted octanol–water partition coefficient (Wildman–Crippen LogP) is 12.2. The molecule has 0 bridgehead atoms. The van der Waals surface area contributed by atoms with Gasteiger partial charge in [-0.1, -0.05) is 228 Å². The van der Waals surface area contributed by atoms with Gasteiger partial charge in [-0.3, -0.25) is 9.59 Å². The van der Waals surface area contributed by atoms with Gasteiger partial charge in [0.2, 0.25) is 5.91 Å². The van der Waals surface area contributed by atoms with E-state index in [2.05, 4.69) is 44.3 Å². The lowest BCUT2D eigenvalue weighted by molar-refractivity contribution is -0.305. The van der Waals surface area contributed by atoms with Crippen LogP contribution in [0.2, 0.25) is 0 Å². The molecule has 0 saturated carbocycles. The fourth-order valence-electron chi connectivity index (χ4n) is 8.20. The van der Waals surface area contributed by atoms with E-state index in [-0.39, 0.29) is 19.4 Å². The topological polar surface area (TPSA) is 175 Å². The predicted molar refractivity (Wildman–Crippen MR) is 287 cm³/mol. The molecule has 1 heterocycles. The molecule has 0 aromatic carbocycles. The summed E-state index contributed by atoms with van der Waals surface area (Å²) < 4.78 is 17.5. The van der Waals surface area contributed by atoms with Gasteiger partial charge >= 0.3 is 5.97 Å². The summed E-state index contributed by atoms with van der Waals surface area (Å²) in [5.41, 5.74) is 0. The Bertz CT molecular complexity index is 1460. The van der Waals surface area contributed by atoms with E-state index in [1.54, 1.807) is 6.08 Å². The number of carbonyl (C=O) groups is 2. The highest BCUT2D eigenvalue weighted by Crippen LogP contribution is 2.26. The van der Waals surface area contributed by atoms with E-state index in [4.69, 9.17) is 14.2 Å². The first-order chi connectivity index (χ1) is 34.2. The average Bonchev–Trinajstić information content (AvgIpc) is 3.36. The standard InChI is InChI=1S/C59H101NO10/c1-4-7-10-13-16-19-22-25-26-27-28-29-32-35-38-41-44-47-54(64)70-57-56(66)55(65)53(48-61)69-59(57)68-49-50(51(62)45-42-39-36-33-30-23-20-17-14-11-8-5-2)60-58(67)52(63)46-43-40-37-34-31-24-21-18-15-12-9-6-3/h9,12,15,18,21,24-26,31,34,37,40,42,45,50-53,55-57,59,61-63,65-66H,4-8,10-11,13-14,16-17,19-20,22-23,27-30,32-33,35-36,38-39,41,43-44,46-49H2,1-3H3,(H,60,67)/b12-9+,18-15+,24-21-,26-25+,34-31-,40-37+,45-42+. The number of carbonyl (C=O) groups excluding carboxylic acids is 2. The van der Waals surface area contributed by atoms with Crippen LogP contribution in [-0.4, -0.2) is 99.6 Å². The van der Waals surface area contributed by atoms with E-state index in [1.165, 1.54) is 103 Å². The Labute approximate surface area is 425 Å². The third-order valence-corrected chi connectivity index (χ3v) is 12.7. The van der Waals surface area contributed by atoms with Gasteiger partial charge < -0.3 is 45.1 Å². The number of nitrogens with one attached hydrogen (secondary N) is 1. The molecule has 1 saturated heterocycles. The monoisotopic (exact) mass is 984 g/mol. The number of hydrogen-bond acceptors (Lipinski definition) is 10. The quantitative estimate of drug-likeness (QED) is 0.0149. The van der Waals surface area contributed by atoms with Crippen LogP contribution in [-0.2, 0) is 23.8 Å². The second-order valence-electron chi connectivity index (χ2n) is 19.1. The largest absolute Gasteiger partial charge is 0.454 e. The lowest BCUT2D eigenvalue weighted by Gasteiger charge is -2.41. The van der Waals surface area contributed by atoms with Crippen molar-refractivity contribution in [1.82, 2.24) is 5.32 Å². The lowest BCUT2D eigenvalue weighted by Crippen LogP contribution is -2.61. The maximum atomic E-state index is 13.3. The van der Waals surface area contributed by atoms with Gasteiger partial charge in [-0.05, 0) is 64.2 Å². The van der Waals surface area contributed by atoms with Gasteiger partial charge in [0, 0.05) is 6.42 Å². The highest BCUT2D eigenvalue weighted by Gasteiger charge is 2.47. The maximum Gasteiger partial charge on any atom is 0.306 e. The second kappa shape index (κ2) is 46.9. The van der Waals surface area contributed by atoms with E-state index in [0.717, 1.165) is 64.2 Å². The van der Waals surface area contributed by atoms with Crippen LogP contribution < -0.4 is 5.32 Å². The first-order valence-corrected chi connectivity index (χ1v) is 27.9. The van der Waals surface area contributed by atoms with Crippen molar-refractivity contribution in [3.8, 4) is 0 Å². The molecule has 1 aliphatic rings. The molecule has 70 heavy (non-hydrogen) atoms. The van der Waals surface area contributed by atoms with Gasteiger partial charge in [-0.25, -0.2) is 0 Å². The average molecular weight is 984 g/mol. The van der Waals surface area contributed by atoms with Crippen molar-refractivity contribution in [2.24, 2.45) is 0 Å². The van der Waals surface area contributed by atoms with Crippen LogP contribution in [0.1, 0.15) is 213 Å². The number of aliphatic hydroxyl groups excluding tert-OH is 5. The van der Waals surface area contributed by atoms with E-state index in [0.29, 0.717) is 12.8 Å². The third-order valence-electron chi connectivity index (χ3n) is 12.7. The summed E-state index contributed by atoms with van der Waals surface area (Å²) >= 11 is 0. The first kappa shape index (κ1) is 64.9. The smallest absolute Gasteiger partial charge is 0.306 e. The highest BCUT2D eigenvalue weighted by molar-refractivity contribution is 5.80. The lowest BCUT2D eigenvalue weighted by atomic mass is 9.99. The third kappa shape index (κ3) is 35.0. The van der Waals surface area contributed by atoms with E-state index in [1.807, 2.05) is 60.8 Å². The van der Waals surface area contributed by atoms with Crippen LogP contribution in [0.5, 0.6) is 0 Å². The van der Waals surface area contributed by atoms with Crippen LogP contribution in [0.4, 0.5) is 0 Å². The molecule has 1 fully saturated rings. The number of hydrogen-bond donors (Lipinski definition) is 6. The van der Waals surface area contributed by atoms with E-state index >= 15 is 0 Å². The number of esters is 1. The Morgan fingerprint density at radius 2 is 1.04 bits per heavy atom. The Morgan fingerprint density at radius 3 is 1.56 bits per heavy atom. The molecule has 1 amide bonds. The molecule has 11 heteroatoms. The Morgan fingerprint density at radius 1 is 0.571 bits per heavy atom. The van der Waals surface area contributed by atoms with Crippen LogP contribution in [0.3, 0.4) is 0 Å². The molecule has 1 aliphatic heterocycles. The molecule has 11 nitrogen and oxygen atoms in total. The number of rotatable bonds is 45. The molecule has 1 rings (SSSR count). The van der Waals surface area contributed by atoms with E-state index in [9.17, 15) is 35.1 Å². The second-order valence-corrected chi connectivity index (χ2v) is 19.1. The van der Waals surface area contributed by atoms with Crippen molar-refractivity contribution in [3.63, 3.8) is 0 Å². The van der Waals surface area contributed by atoms with Crippen molar-refractivity contribution >= 4 is 11.9 Å². The van der Waals surface area contributed by atoms with Gasteiger partial charge in [0.05, 0.1) is 25.4 Å². The number of aliphatic hydroxyl groups is 5. The molecular formula is C59H101NO10. The summed E-state index contributed by atoms with van der Waals surface area (Å²) in [6, 6.07) is -1.06. The molecule has 402 valence electrons. The van der Waals surface area contributed by atoms with Crippen molar-refractivity contribution in [3.05, 3.63) is 85.1 Å². The van der Waals surface area contributed by atoms with Crippen LogP contribution in [0.25, 0.3) is 0 Å². The van der Waals surface area contributed by atoms with Gasteiger partial charge in [0.25, 0.3) is 0 Å². The van der Waals surface area contributed by atoms with Gasteiger partial charge in [0.15, 0.2) is 12.4 Å². The highest BCUT2D eigenvalue weighted by atomic mass is 16.7. The van der Waals surface area contributed by atoms with Crippen molar-refractivity contribution in [2.45, 2.75) is 262 Å². The van der Waals surface area contributed by atoms with Crippen molar-refractivity contribution < 1.29 is 49.3 Å². The number of amides is 1. The number of unbranched alkanes of at least 4 members (excludes halogenated alkanes) is 23. The normalized spacial score (nSPS) is 20.4. The van der Waals surface area contributed by atoms with Crippen LogP contribution in [0.15, 0.2) is 85.1 Å². The summed E-state index contributed by atoms with van der Waals surface area (Å²) in [6.07, 6.45) is 49.3. The summed E-state index contributed by atoms with van der Waals surface area (Å²) in [7, 11) is 0. The first-order valence-electron chi connectivity index (χ1n) is 27.9. The van der Waals surface area contributed by atoms with E-state index < -0.39 is 67.4 Å². The maximum absolute atomic E-state index is 13.3. The molecule has 0 aromatic heterocycles. The molecule has 8 unspecified atom stereocenters. The zero-order valence-electron chi connectivity index (χ0n) is 44.1. The fourth-order valence-corrected chi connectivity index (χ4v) is 8.20. The van der Waals surface area contributed by atoms with Gasteiger partial charge in [-0.15, -0.1) is 0 Å². The fraction of sp³-hybridized carbons (Fsp3) is 0.729. The molecule has 8 atom stereocenters. The minimum atomic E-state index is -1.63. The zero-order chi connectivity index (χ0) is 51.1. The molecule has 6 N–H and O–H groups in total. The molecular weight excluding hydrogens is 883 g/mol. The van der Waals surface area contributed by atoms with Crippen LogP contribution in [0, 0.1) is 0 Å². The van der Waals surface area contributed by atoms with Gasteiger partial charge in [-0.2, -0.15) is 0 Å². The summed E-state index contributed by atoms with van der Waals surface area (Å²) in [5, 5.41) is 56.6. The molecule has 0 spiro atoms. The molecule has 0 aliphatic carbocycles. The summed E-state index contributed by atoms with van der Waals surface area (Å²) in [4.78, 5) is 26.4.